The maximum absolute atomic E-state index is 4.88. The molecule has 3 heterocycles. The van der Waals surface area contributed by atoms with Gasteiger partial charge in [0.2, 0.25) is 5.95 Å². The van der Waals surface area contributed by atoms with Crippen LogP contribution in [0.25, 0.3) is 10.9 Å². The highest BCUT2D eigenvalue weighted by Crippen LogP contribution is 2.25. The third-order valence-electron chi connectivity index (χ3n) is 8.53. The molecule has 2 aliphatic rings. The lowest BCUT2D eigenvalue weighted by Gasteiger charge is -2.32. The number of piperidine rings is 1. The minimum atomic E-state index is 0.412. The zero-order chi connectivity index (χ0) is 28.8. The van der Waals surface area contributed by atoms with E-state index in [1.807, 2.05) is 36.1 Å². The molecule has 2 aromatic heterocycles. The van der Waals surface area contributed by atoms with E-state index in [4.69, 9.17) is 9.97 Å². The number of rotatable bonds is 17. The van der Waals surface area contributed by atoms with Gasteiger partial charge in [-0.1, -0.05) is 36.6 Å². The van der Waals surface area contributed by atoms with Crippen LogP contribution in [0, 0.1) is 0 Å². The van der Waals surface area contributed by atoms with E-state index in [0.717, 1.165) is 100 Å². The summed E-state index contributed by atoms with van der Waals surface area (Å²) in [6.45, 7) is 8.92. The lowest BCUT2D eigenvalue weighted by molar-refractivity contribution is 0.221. The minimum Gasteiger partial charge on any atom is -0.367 e. The van der Waals surface area contributed by atoms with Crippen molar-refractivity contribution in [2.24, 2.45) is 0 Å². The lowest BCUT2D eigenvalue weighted by atomic mass is 9.95. The van der Waals surface area contributed by atoms with Gasteiger partial charge in [-0.3, -0.25) is 4.68 Å². The first-order chi connectivity index (χ1) is 20.8. The first-order valence-electron chi connectivity index (χ1n) is 16.2. The number of para-hydroxylation sites is 1. The van der Waals surface area contributed by atoms with Crippen molar-refractivity contribution in [3.05, 3.63) is 36.2 Å². The maximum Gasteiger partial charge on any atom is 0.225 e. The van der Waals surface area contributed by atoms with Crippen LogP contribution < -0.4 is 26.6 Å². The second-order valence-corrected chi connectivity index (χ2v) is 11.8. The molecule has 5 N–H and O–H groups in total. The topological polar surface area (TPSA) is 120 Å². The molecule has 0 bridgehead atoms. The second-order valence-electron chi connectivity index (χ2n) is 11.8. The molecule has 1 aliphatic carbocycles. The third-order valence-corrected chi connectivity index (χ3v) is 8.53. The van der Waals surface area contributed by atoms with E-state index in [-0.39, 0.29) is 0 Å². The SMILES string of the molecule is CNCCN1CCC(Nc2nc(NCc3cn(CCCNCCCNC4CCCCC4)nn3)nc3ccccc23)CC1. The Balaban J connectivity index is 1.03. The third kappa shape index (κ3) is 9.58. The van der Waals surface area contributed by atoms with Crippen molar-refractivity contribution < 1.29 is 0 Å². The van der Waals surface area contributed by atoms with Gasteiger partial charge in [0, 0.05) is 50.2 Å². The van der Waals surface area contributed by atoms with Crippen LogP contribution in [0.15, 0.2) is 30.5 Å². The molecule has 230 valence electrons. The molecule has 0 atom stereocenters. The monoisotopic (exact) mass is 577 g/mol. The van der Waals surface area contributed by atoms with Gasteiger partial charge in [0.15, 0.2) is 0 Å². The van der Waals surface area contributed by atoms with Crippen LogP contribution in [0.3, 0.4) is 0 Å². The Morgan fingerprint density at radius 1 is 0.857 bits per heavy atom. The van der Waals surface area contributed by atoms with Gasteiger partial charge in [0.1, 0.15) is 11.5 Å². The van der Waals surface area contributed by atoms with Crippen LogP contribution in [-0.2, 0) is 13.1 Å². The summed E-state index contributed by atoms with van der Waals surface area (Å²) < 4.78 is 1.93. The molecular formula is C31H51N11. The number of fused-ring (bicyclic) bond motifs is 1. The molecule has 1 aliphatic heterocycles. The van der Waals surface area contributed by atoms with Crippen LogP contribution in [0.4, 0.5) is 11.8 Å². The Kier molecular flexibility index (Phi) is 12.2. The van der Waals surface area contributed by atoms with E-state index in [1.54, 1.807) is 0 Å². The van der Waals surface area contributed by atoms with Crippen molar-refractivity contribution in [2.45, 2.75) is 83.0 Å². The van der Waals surface area contributed by atoms with Crippen LogP contribution in [0.5, 0.6) is 0 Å². The molecule has 0 spiro atoms. The highest BCUT2D eigenvalue weighted by atomic mass is 15.4. The molecular weight excluding hydrogens is 526 g/mol. The number of aromatic nitrogens is 5. The van der Waals surface area contributed by atoms with Gasteiger partial charge in [0.05, 0.1) is 18.3 Å². The van der Waals surface area contributed by atoms with Gasteiger partial charge in [0.25, 0.3) is 0 Å². The summed E-state index contributed by atoms with van der Waals surface area (Å²) in [5.41, 5.74) is 1.82. The molecule has 1 saturated carbocycles. The minimum absolute atomic E-state index is 0.412. The number of aryl methyl sites for hydroxylation is 1. The Bertz CT molecular complexity index is 1180. The van der Waals surface area contributed by atoms with Crippen LogP contribution in [-0.4, -0.2) is 94.8 Å². The highest BCUT2D eigenvalue weighted by Gasteiger charge is 2.20. The maximum atomic E-state index is 4.88. The number of nitrogens with one attached hydrogen (secondary N) is 5. The van der Waals surface area contributed by atoms with Crippen LogP contribution in [0.1, 0.15) is 63.5 Å². The van der Waals surface area contributed by atoms with Crippen molar-refractivity contribution in [2.75, 3.05) is 63.5 Å². The molecule has 0 unspecified atom stereocenters. The summed E-state index contributed by atoms with van der Waals surface area (Å²) in [4.78, 5) is 12.2. The number of anilines is 2. The van der Waals surface area contributed by atoms with Gasteiger partial charge in [-0.05, 0) is 77.3 Å². The lowest BCUT2D eigenvalue weighted by Crippen LogP contribution is -2.41. The average Bonchev–Trinajstić information content (AvgIpc) is 3.49. The van der Waals surface area contributed by atoms with Gasteiger partial charge in [-0.2, -0.15) is 4.98 Å². The van der Waals surface area contributed by atoms with E-state index in [0.29, 0.717) is 18.5 Å². The Morgan fingerprint density at radius 2 is 1.69 bits per heavy atom. The largest absolute Gasteiger partial charge is 0.367 e. The Morgan fingerprint density at radius 3 is 2.55 bits per heavy atom. The van der Waals surface area contributed by atoms with Crippen LogP contribution >= 0.6 is 0 Å². The smallest absolute Gasteiger partial charge is 0.225 e. The summed E-state index contributed by atoms with van der Waals surface area (Å²) in [6.07, 6.45) is 13.4. The number of likely N-dealkylation sites (tertiary alicyclic amines) is 1. The summed E-state index contributed by atoms with van der Waals surface area (Å²) in [6, 6.07) is 9.38. The summed E-state index contributed by atoms with van der Waals surface area (Å²) in [7, 11) is 2.01. The van der Waals surface area contributed by atoms with Crippen molar-refractivity contribution in [1.82, 2.24) is 45.8 Å². The fraction of sp³-hybridized carbons (Fsp3) is 0.677. The first kappa shape index (κ1) is 30.6. The molecule has 3 aromatic rings. The summed E-state index contributed by atoms with van der Waals surface area (Å²) >= 11 is 0. The number of hydrogen-bond donors (Lipinski definition) is 5. The van der Waals surface area contributed by atoms with Crippen molar-refractivity contribution in [3.63, 3.8) is 0 Å². The van der Waals surface area contributed by atoms with E-state index in [1.165, 1.54) is 38.5 Å². The van der Waals surface area contributed by atoms with Gasteiger partial charge < -0.3 is 31.5 Å². The predicted molar refractivity (Wildman–Crippen MR) is 171 cm³/mol. The van der Waals surface area contributed by atoms with Gasteiger partial charge >= 0.3 is 0 Å². The first-order valence-corrected chi connectivity index (χ1v) is 16.2. The van der Waals surface area contributed by atoms with Gasteiger partial charge in [-0.25, -0.2) is 4.98 Å². The number of nitrogens with zero attached hydrogens (tertiary/aromatic N) is 6. The van der Waals surface area contributed by atoms with E-state index >= 15 is 0 Å². The molecule has 1 aromatic carbocycles. The van der Waals surface area contributed by atoms with Crippen molar-refractivity contribution in [1.29, 1.82) is 0 Å². The summed E-state index contributed by atoms with van der Waals surface area (Å²) in [5, 5.41) is 27.4. The molecule has 1 saturated heterocycles. The zero-order valence-corrected chi connectivity index (χ0v) is 25.5. The molecule has 11 heteroatoms. The normalized spacial score (nSPS) is 17.2. The van der Waals surface area contributed by atoms with Crippen molar-refractivity contribution >= 4 is 22.7 Å². The Labute approximate surface area is 251 Å². The molecule has 42 heavy (non-hydrogen) atoms. The molecule has 11 nitrogen and oxygen atoms in total. The summed E-state index contributed by atoms with van der Waals surface area (Å²) in [5.74, 6) is 1.51. The number of hydrogen-bond acceptors (Lipinski definition) is 10. The van der Waals surface area contributed by atoms with Crippen LogP contribution in [0.2, 0.25) is 0 Å². The molecule has 5 rings (SSSR count). The number of likely N-dealkylation sites (N-methyl/N-ethyl adjacent to an activating group) is 1. The predicted octanol–water partition coefficient (Wildman–Crippen LogP) is 3.22. The number of benzene rings is 1. The van der Waals surface area contributed by atoms with E-state index in [2.05, 4.69) is 47.9 Å². The molecule has 0 radical (unpaired) electrons. The fourth-order valence-corrected chi connectivity index (χ4v) is 6.05. The molecule has 0 amide bonds. The highest BCUT2D eigenvalue weighted by molar-refractivity contribution is 5.90. The fourth-order valence-electron chi connectivity index (χ4n) is 6.05. The zero-order valence-electron chi connectivity index (χ0n) is 25.5. The van der Waals surface area contributed by atoms with E-state index < -0.39 is 0 Å². The van der Waals surface area contributed by atoms with Crippen molar-refractivity contribution in [3.8, 4) is 0 Å². The average molecular weight is 578 g/mol. The van der Waals surface area contributed by atoms with Gasteiger partial charge in [-0.15, -0.1) is 5.10 Å². The Hall–Kier alpha value is -2.86. The second kappa shape index (κ2) is 16.7. The standard InChI is InChI=1S/C31H51N11/c1-32-18-22-41-20-13-26(14-21-41)36-30-28-11-5-6-12-29(28)37-31(38-30)35-23-27-24-42(40-39-27)19-8-16-33-15-7-17-34-25-9-3-2-4-10-25/h5-6,11-12,24-26,32-34H,2-4,7-10,13-23H2,1H3,(H2,35,36,37,38). The van der Waals surface area contributed by atoms with E-state index in [9.17, 15) is 0 Å². The molecule has 2 fully saturated rings. The quantitative estimate of drug-likeness (QED) is 0.153.